The summed E-state index contributed by atoms with van der Waals surface area (Å²) in [5.74, 6) is -0.268. The van der Waals surface area contributed by atoms with Crippen LogP contribution in [0.5, 0.6) is 0 Å². The first-order valence-electron chi connectivity index (χ1n) is 6.30. The number of benzene rings is 2. The Morgan fingerprint density at radius 2 is 1.74 bits per heavy atom. The molecule has 0 aliphatic carbocycles. The summed E-state index contributed by atoms with van der Waals surface area (Å²) in [6.07, 6.45) is 0. The molecular formula is C14H7N3O6. The van der Waals surface area contributed by atoms with E-state index in [9.17, 15) is 25.0 Å². The van der Waals surface area contributed by atoms with Crippen LogP contribution in [0.4, 0.5) is 11.4 Å². The molecule has 1 aromatic heterocycles. The Morgan fingerprint density at radius 1 is 1.00 bits per heavy atom. The van der Waals surface area contributed by atoms with Crippen LogP contribution in [0.2, 0.25) is 0 Å². The van der Waals surface area contributed by atoms with Crippen molar-refractivity contribution in [3.63, 3.8) is 0 Å². The molecule has 0 saturated carbocycles. The van der Waals surface area contributed by atoms with Gasteiger partial charge in [-0.1, -0.05) is 12.1 Å². The summed E-state index contributed by atoms with van der Waals surface area (Å²) >= 11 is 0. The highest BCUT2D eigenvalue weighted by atomic mass is 16.6. The molecule has 9 heteroatoms. The summed E-state index contributed by atoms with van der Waals surface area (Å²) in [6, 6.07) is 9.38. The number of hydrogen-bond donors (Lipinski definition) is 0. The topological polar surface area (TPSA) is 129 Å². The van der Waals surface area contributed by atoms with E-state index < -0.39 is 26.8 Å². The van der Waals surface area contributed by atoms with Gasteiger partial charge >= 0.3 is 5.63 Å². The number of aromatic nitrogens is 1. The Balaban J connectivity index is 2.28. The third kappa shape index (κ3) is 2.50. The van der Waals surface area contributed by atoms with Gasteiger partial charge in [-0.2, -0.15) is 0 Å². The number of para-hydroxylation sites is 1. The molecular weight excluding hydrogens is 306 g/mol. The van der Waals surface area contributed by atoms with Crippen molar-refractivity contribution in [1.29, 1.82) is 0 Å². The van der Waals surface area contributed by atoms with Crippen LogP contribution >= 0.6 is 0 Å². The molecule has 114 valence electrons. The SMILES string of the molecule is O=c1oc(-c2ccc([N+](=O)[O-])cc2[N+](=O)[O-])nc2ccccc12. The first kappa shape index (κ1) is 14.3. The van der Waals surface area contributed by atoms with Crippen LogP contribution in [-0.4, -0.2) is 14.8 Å². The molecule has 0 aliphatic heterocycles. The molecule has 2 aromatic carbocycles. The van der Waals surface area contributed by atoms with Gasteiger partial charge in [-0.15, -0.1) is 0 Å². The van der Waals surface area contributed by atoms with Gasteiger partial charge in [-0.3, -0.25) is 20.2 Å². The van der Waals surface area contributed by atoms with Crippen molar-refractivity contribution in [1.82, 2.24) is 4.98 Å². The highest BCUT2D eigenvalue weighted by Gasteiger charge is 2.23. The van der Waals surface area contributed by atoms with Gasteiger partial charge in [-0.05, 0) is 18.2 Å². The molecule has 23 heavy (non-hydrogen) atoms. The second-order valence-electron chi connectivity index (χ2n) is 4.54. The van der Waals surface area contributed by atoms with Crippen LogP contribution in [0.15, 0.2) is 51.7 Å². The maximum absolute atomic E-state index is 11.9. The average molecular weight is 313 g/mol. The normalized spacial score (nSPS) is 10.6. The molecule has 0 saturated heterocycles. The average Bonchev–Trinajstić information content (AvgIpc) is 2.54. The van der Waals surface area contributed by atoms with Crippen molar-refractivity contribution >= 4 is 22.3 Å². The second-order valence-corrected chi connectivity index (χ2v) is 4.54. The maximum atomic E-state index is 11.9. The Hall–Kier alpha value is -3.62. The van der Waals surface area contributed by atoms with Gasteiger partial charge in [0.25, 0.3) is 11.4 Å². The number of nitro benzene ring substituents is 2. The van der Waals surface area contributed by atoms with Crippen LogP contribution < -0.4 is 5.63 Å². The number of fused-ring (bicyclic) bond motifs is 1. The molecule has 0 N–H and O–H groups in total. The zero-order valence-electron chi connectivity index (χ0n) is 11.3. The van der Waals surface area contributed by atoms with E-state index in [4.69, 9.17) is 4.42 Å². The van der Waals surface area contributed by atoms with Crippen LogP contribution in [0.1, 0.15) is 0 Å². The molecule has 0 amide bonds. The largest absolute Gasteiger partial charge is 0.403 e. The molecule has 0 atom stereocenters. The predicted octanol–water partition coefficient (Wildman–Crippen LogP) is 2.67. The van der Waals surface area contributed by atoms with Crippen LogP contribution in [0, 0.1) is 20.2 Å². The summed E-state index contributed by atoms with van der Waals surface area (Å²) in [7, 11) is 0. The van der Waals surface area contributed by atoms with Gasteiger partial charge in [0, 0.05) is 6.07 Å². The van der Waals surface area contributed by atoms with Gasteiger partial charge in [0.1, 0.15) is 5.56 Å². The molecule has 0 bridgehead atoms. The predicted molar refractivity (Wildman–Crippen MR) is 79.0 cm³/mol. The Kier molecular flexibility index (Phi) is 3.30. The van der Waals surface area contributed by atoms with E-state index in [0.717, 1.165) is 18.2 Å². The lowest BCUT2D eigenvalue weighted by atomic mass is 10.1. The summed E-state index contributed by atoms with van der Waals surface area (Å²) in [5.41, 5.74) is -1.50. The fourth-order valence-corrected chi connectivity index (χ4v) is 2.10. The Labute approximate surface area is 127 Å². The number of nitro groups is 2. The zero-order chi connectivity index (χ0) is 16.6. The quantitative estimate of drug-likeness (QED) is 0.536. The molecule has 9 nitrogen and oxygen atoms in total. The highest BCUT2D eigenvalue weighted by molar-refractivity contribution is 5.79. The minimum Gasteiger partial charge on any atom is -0.403 e. The molecule has 0 unspecified atom stereocenters. The smallest absolute Gasteiger partial charge is 0.347 e. The highest BCUT2D eigenvalue weighted by Crippen LogP contribution is 2.32. The minimum atomic E-state index is -0.792. The number of hydrogen-bond acceptors (Lipinski definition) is 7. The van der Waals surface area contributed by atoms with Gasteiger partial charge in [-0.25, -0.2) is 9.78 Å². The van der Waals surface area contributed by atoms with E-state index in [1.807, 2.05) is 0 Å². The zero-order valence-corrected chi connectivity index (χ0v) is 11.3. The van der Waals surface area contributed by atoms with Crippen molar-refractivity contribution in [2.45, 2.75) is 0 Å². The lowest BCUT2D eigenvalue weighted by Crippen LogP contribution is -2.04. The maximum Gasteiger partial charge on any atom is 0.347 e. The molecule has 3 rings (SSSR count). The molecule has 3 aromatic rings. The first-order chi connectivity index (χ1) is 11.0. The number of rotatable bonds is 3. The van der Waals surface area contributed by atoms with E-state index in [2.05, 4.69) is 4.98 Å². The van der Waals surface area contributed by atoms with Gasteiger partial charge in [0.05, 0.1) is 26.8 Å². The van der Waals surface area contributed by atoms with Crippen molar-refractivity contribution < 1.29 is 14.3 Å². The molecule has 0 radical (unpaired) electrons. The van der Waals surface area contributed by atoms with Crippen molar-refractivity contribution in [2.75, 3.05) is 0 Å². The summed E-state index contributed by atoms with van der Waals surface area (Å²) in [6.45, 7) is 0. The van der Waals surface area contributed by atoms with Gasteiger partial charge < -0.3 is 4.42 Å². The van der Waals surface area contributed by atoms with Crippen LogP contribution in [0.3, 0.4) is 0 Å². The third-order valence-electron chi connectivity index (χ3n) is 3.15. The molecule has 1 heterocycles. The molecule has 0 aliphatic rings. The van der Waals surface area contributed by atoms with Crippen LogP contribution in [-0.2, 0) is 0 Å². The van der Waals surface area contributed by atoms with Crippen LogP contribution in [0.25, 0.3) is 22.4 Å². The van der Waals surface area contributed by atoms with E-state index in [-0.39, 0.29) is 16.8 Å². The lowest BCUT2D eigenvalue weighted by Gasteiger charge is -2.03. The fraction of sp³-hybridized carbons (Fsp3) is 0. The third-order valence-corrected chi connectivity index (χ3v) is 3.15. The molecule has 0 fully saturated rings. The van der Waals surface area contributed by atoms with E-state index in [0.29, 0.717) is 5.52 Å². The van der Waals surface area contributed by atoms with Crippen molar-refractivity contribution in [2.24, 2.45) is 0 Å². The fourth-order valence-electron chi connectivity index (χ4n) is 2.10. The monoisotopic (exact) mass is 313 g/mol. The number of nitrogens with zero attached hydrogens (tertiary/aromatic N) is 3. The van der Waals surface area contributed by atoms with Crippen molar-refractivity contribution in [3.8, 4) is 11.5 Å². The summed E-state index contributed by atoms with van der Waals surface area (Å²) in [4.78, 5) is 36.4. The van der Waals surface area contributed by atoms with Gasteiger partial charge in [0.15, 0.2) is 0 Å². The number of non-ortho nitro benzene ring substituents is 1. The molecule has 0 spiro atoms. The Bertz CT molecular complexity index is 1010. The first-order valence-corrected chi connectivity index (χ1v) is 6.30. The van der Waals surface area contributed by atoms with E-state index in [1.54, 1.807) is 18.2 Å². The van der Waals surface area contributed by atoms with E-state index in [1.165, 1.54) is 6.07 Å². The Morgan fingerprint density at radius 3 is 2.43 bits per heavy atom. The summed E-state index contributed by atoms with van der Waals surface area (Å²) < 4.78 is 5.03. The van der Waals surface area contributed by atoms with E-state index >= 15 is 0 Å². The summed E-state index contributed by atoms with van der Waals surface area (Å²) in [5, 5.41) is 22.1. The lowest BCUT2D eigenvalue weighted by molar-refractivity contribution is -0.393. The minimum absolute atomic E-state index is 0.108. The standard InChI is InChI=1S/C14H7N3O6/c18-14-9-3-1-2-4-11(9)15-13(23-14)10-6-5-8(16(19)20)7-12(10)17(21)22/h1-7H. The van der Waals surface area contributed by atoms with Gasteiger partial charge in [0.2, 0.25) is 5.89 Å². The second kappa shape index (κ2) is 5.30. The van der Waals surface area contributed by atoms with Crippen molar-refractivity contribution in [3.05, 3.63) is 73.1 Å².